The first kappa shape index (κ1) is 21.8. The number of ether oxygens (including phenoxy) is 1. The summed E-state index contributed by atoms with van der Waals surface area (Å²) in [4.78, 5) is 8.20. The first-order valence-corrected chi connectivity index (χ1v) is 8.17. The van der Waals surface area contributed by atoms with Gasteiger partial charge in [0.05, 0.1) is 19.8 Å². The molecule has 2 saturated heterocycles. The van der Waals surface area contributed by atoms with Crippen molar-refractivity contribution in [1.29, 1.82) is 0 Å². The van der Waals surface area contributed by atoms with E-state index in [9.17, 15) is 13.2 Å². The van der Waals surface area contributed by atoms with Gasteiger partial charge < -0.3 is 15.0 Å². The molecule has 9 heteroatoms. The van der Waals surface area contributed by atoms with E-state index in [2.05, 4.69) is 17.2 Å². The van der Waals surface area contributed by atoms with E-state index < -0.39 is 12.2 Å². The van der Waals surface area contributed by atoms with Crippen molar-refractivity contribution >= 4 is 29.9 Å². The van der Waals surface area contributed by atoms with Crippen LogP contribution in [-0.4, -0.2) is 80.5 Å². The Balaban J connectivity index is 0.00000288. The zero-order valence-electron chi connectivity index (χ0n) is 14.5. The quantitative estimate of drug-likeness (QED) is 0.394. The van der Waals surface area contributed by atoms with Crippen LogP contribution < -0.4 is 5.32 Å². The molecule has 0 saturated carbocycles. The van der Waals surface area contributed by atoms with E-state index >= 15 is 0 Å². The molecule has 0 amide bonds. The van der Waals surface area contributed by atoms with Crippen molar-refractivity contribution in [1.82, 2.24) is 15.1 Å². The largest absolute Gasteiger partial charge is 0.403 e. The first-order valence-electron chi connectivity index (χ1n) is 8.17. The van der Waals surface area contributed by atoms with Gasteiger partial charge in [0.15, 0.2) is 5.96 Å². The Kier molecular flexibility index (Phi) is 8.05. The van der Waals surface area contributed by atoms with Crippen LogP contribution in [-0.2, 0) is 4.74 Å². The second kappa shape index (κ2) is 8.88. The van der Waals surface area contributed by atoms with Gasteiger partial charge in [-0.2, -0.15) is 13.2 Å². The zero-order valence-corrected chi connectivity index (χ0v) is 16.9. The van der Waals surface area contributed by atoms with Crippen LogP contribution in [0.4, 0.5) is 13.2 Å². The number of aliphatic imine (C=N–C) groups is 1. The Labute approximate surface area is 159 Å². The normalized spacial score (nSPS) is 23.2. The van der Waals surface area contributed by atoms with Crippen LogP contribution >= 0.6 is 24.0 Å². The molecule has 0 radical (unpaired) electrons. The summed E-state index contributed by atoms with van der Waals surface area (Å²) in [6, 6.07) is -1.39. The van der Waals surface area contributed by atoms with Crippen molar-refractivity contribution in [2.45, 2.75) is 33.0 Å². The SMILES string of the molecule is CCNC(=NCC1(C)COC1)N1CCN(C(C)C(F)(F)F)CC1.I. The molecule has 5 nitrogen and oxygen atoms in total. The van der Waals surface area contributed by atoms with E-state index in [-0.39, 0.29) is 29.4 Å². The summed E-state index contributed by atoms with van der Waals surface area (Å²) in [6.45, 7) is 10.1. The van der Waals surface area contributed by atoms with Crippen molar-refractivity contribution in [3.8, 4) is 0 Å². The molecule has 0 spiro atoms. The number of alkyl halides is 3. The van der Waals surface area contributed by atoms with Gasteiger partial charge in [0.2, 0.25) is 0 Å². The predicted molar refractivity (Wildman–Crippen MR) is 99.0 cm³/mol. The van der Waals surface area contributed by atoms with Crippen LogP contribution in [0.5, 0.6) is 0 Å². The van der Waals surface area contributed by atoms with Crippen LogP contribution in [0.2, 0.25) is 0 Å². The van der Waals surface area contributed by atoms with Crippen LogP contribution in [0.3, 0.4) is 0 Å². The van der Waals surface area contributed by atoms with E-state index in [4.69, 9.17) is 4.74 Å². The number of halogens is 4. The van der Waals surface area contributed by atoms with Gasteiger partial charge in [0, 0.05) is 38.1 Å². The van der Waals surface area contributed by atoms with Crippen molar-refractivity contribution in [2.75, 3.05) is 52.5 Å². The number of hydrogen-bond acceptors (Lipinski definition) is 3. The minimum atomic E-state index is -4.17. The highest BCUT2D eigenvalue weighted by atomic mass is 127. The molecule has 2 aliphatic heterocycles. The summed E-state index contributed by atoms with van der Waals surface area (Å²) >= 11 is 0. The highest BCUT2D eigenvalue weighted by Crippen LogP contribution is 2.27. The molecular weight excluding hydrogens is 436 g/mol. The van der Waals surface area contributed by atoms with Gasteiger partial charge in [-0.05, 0) is 13.8 Å². The van der Waals surface area contributed by atoms with Gasteiger partial charge in [-0.25, -0.2) is 0 Å². The second-order valence-electron chi connectivity index (χ2n) is 6.71. The monoisotopic (exact) mass is 464 g/mol. The lowest BCUT2D eigenvalue weighted by atomic mass is 9.89. The second-order valence-corrected chi connectivity index (χ2v) is 6.71. The molecule has 2 fully saturated rings. The molecule has 1 N–H and O–H groups in total. The number of piperazine rings is 1. The number of nitrogens with one attached hydrogen (secondary N) is 1. The van der Waals surface area contributed by atoms with Crippen LogP contribution in [0.1, 0.15) is 20.8 Å². The standard InChI is InChI=1S/C15H27F3N4O.HI/c1-4-19-13(20-9-14(3)10-23-11-14)22-7-5-21(6-8-22)12(2)15(16,17)18;/h12H,4-11H2,1-3H3,(H,19,20);1H. The third kappa shape index (κ3) is 5.62. The average molecular weight is 464 g/mol. The summed E-state index contributed by atoms with van der Waals surface area (Å²) in [5.74, 6) is 0.792. The van der Waals surface area contributed by atoms with Crippen molar-refractivity contribution in [2.24, 2.45) is 10.4 Å². The van der Waals surface area contributed by atoms with Crippen LogP contribution in [0, 0.1) is 5.41 Å². The Morgan fingerprint density at radius 3 is 2.25 bits per heavy atom. The van der Waals surface area contributed by atoms with Crippen LogP contribution in [0.25, 0.3) is 0 Å². The molecule has 2 rings (SSSR count). The number of hydrogen-bond donors (Lipinski definition) is 1. The van der Waals surface area contributed by atoms with E-state index in [0.717, 1.165) is 12.5 Å². The lowest BCUT2D eigenvalue weighted by Gasteiger charge is -2.40. The van der Waals surface area contributed by atoms with Gasteiger partial charge in [-0.15, -0.1) is 24.0 Å². The average Bonchev–Trinajstić information content (AvgIpc) is 2.48. The summed E-state index contributed by atoms with van der Waals surface area (Å²) in [5, 5.41) is 3.24. The molecule has 0 aliphatic carbocycles. The van der Waals surface area contributed by atoms with Crippen molar-refractivity contribution < 1.29 is 17.9 Å². The molecule has 0 aromatic carbocycles. The molecule has 2 heterocycles. The Hall–Kier alpha value is -0.290. The fraction of sp³-hybridized carbons (Fsp3) is 0.933. The molecule has 1 atom stereocenters. The predicted octanol–water partition coefficient (Wildman–Crippen LogP) is 2.17. The lowest BCUT2D eigenvalue weighted by Crippen LogP contribution is -2.57. The summed E-state index contributed by atoms with van der Waals surface area (Å²) < 4.78 is 43.6. The third-order valence-corrected chi connectivity index (χ3v) is 4.48. The van der Waals surface area contributed by atoms with E-state index in [1.165, 1.54) is 11.8 Å². The molecule has 24 heavy (non-hydrogen) atoms. The smallest absolute Gasteiger partial charge is 0.380 e. The van der Waals surface area contributed by atoms with E-state index in [1.807, 2.05) is 11.8 Å². The molecule has 2 aliphatic rings. The fourth-order valence-corrected chi connectivity index (χ4v) is 2.76. The first-order chi connectivity index (χ1) is 10.7. The van der Waals surface area contributed by atoms with Crippen molar-refractivity contribution in [3.05, 3.63) is 0 Å². The molecule has 1 unspecified atom stereocenters. The van der Waals surface area contributed by atoms with Gasteiger partial charge >= 0.3 is 6.18 Å². The van der Waals surface area contributed by atoms with Crippen LogP contribution in [0.15, 0.2) is 4.99 Å². The van der Waals surface area contributed by atoms with Gasteiger partial charge in [0.1, 0.15) is 6.04 Å². The number of rotatable bonds is 4. The van der Waals surface area contributed by atoms with Gasteiger partial charge in [-0.1, -0.05) is 6.92 Å². The third-order valence-electron chi connectivity index (χ3n) is 4.48. The molecular formula is C15H28F3IN4O. The summed E-state index contributed by atoms with van der Waals surface area (Å²) in [7, 11) is 0. The fourth-order valence-electron chi connectivity index (χ4n) is 2.76. The Morgan fingerprint density at radius 2 is 1.83 bits per heavy atom. The van der Waals surface area contributed by atoms with E-state index in [1.54, 1.807) is 0 Å². The highest BCUT2D eigenvalue weighted by Gasteiger charge is 2.41. The highest BCUT2D eigenvalue weighted by molar-refractivity contribution is 14.0. The lowest BCUT2D eigenvalue weighted by molar-refractivity contribution is -0.181. The van der Waals surface area contributed by atoms with Gasteiger partial charge in [0.25, 0.3) is 0 Å². The maximum Gasteiger partial charge on any atom is 0.403 e. The maximum absolute atomic E-state index is 12.8. The molecule has 0 aromatic rings. The minimum Gasteiger partial charge on any atom is -0.380 e. The van der Waals surface area contributed by atoms with Gasteiger partial charge in [-0.3, -0.25) is 9.89 Å². The van der Waals surface area contributed by atoms with Crippen molar-refractivity contribution in [3.63, 3.8) is 0 Å². The minimum absolute atomic E-state index is 0. The molecule has 0 aromatic heterocycles. The summed E-state index contributed by atoms with van der Waals surface area (Å²) in [5.41, 5.74) is 0.0906. The molecule has 0 bridgehead atoms. The zero-order chi connectivity index (χ0) is 17.1. The number of guanidine groups is 1. The van der Waals surface area contributed by atoms with E-state index in [0.29, 0.717) is 45.9 Å². The Morgan fingerprint density at radius 1 is 1.25 bits per heavy atom. The molecule has 142 valence electrons. The Bertz CT molecular complexity index is 421. The topological polar surface area (TPSA) is 40.1 Å². The number of nitrogens with zero attached hydrogens (tertiary/aromatic N) is 3. The maximum atomic E-state index is 12.8. The summed E-state index contributed by atoms with van der Waals surface area (Å²) in [6.07, 6.45) is -4.17.